The van der Waals surface area contributed by atoms with E-state index >= 15 is 0 Å². The second kappa shape index (κ2) is 6.70. The molecule has 24 heavy (non-hydrogen) atoms. The number of hydrogen-bond donors (Lipinski definition) is 1. The fourth-order valence-electron chi connectivity index (χ4n) is 2.74. The van der Waals surface area contributed by atoms with Crippen molar-refractivity contribution in [3.8, 4) is 0 Å². The summed E-state index contributed by atoms with van der Waals surface area (Å²) < 4.78 is 0.486. The maximum atomic E-state index is 11.6. The van der Waals surface area contributed by atoms with Crippen LogP contribution in [0.2, 0.25) is 0 Å². The molecule has 0 radical (unpaired) electrons. The van der Waals surface area contributed by atoms with Crippen molar-refractivity contribution in [3.63, 3.8) is 0 Å². The minimum absolute atomic E-state index is 0.0304. The Morgan fingerprint density at radius 2 is 1.33 bits per heavy atom. The van der Waals surface area contributed by atoms with Gasteiger partial charge in [0.05, 0.1) is 8.49 Å². The van der Waals surface area contributed by atoms with Gasteiger partial charge in [0.25, 0.3) is 5.69 Å². The number of nitrogens with zero attached hydrogens (tertiary/aromatic N) is 1. The fourth-order valence-corrected chi connectivity index (χ4v) is 3.45. The highest BCUT2D eigenvalue weighted by atomic mass is 127. The molecular formula is C19H14INO3. The van der Waals surface area contributed by atoms with Crippen molar-refractivity contribution in [2.45, 2.75) is 5.60 Å². The third-order valence-electron chi connectivity index (χ3n) is 3.95. The molecule has 0 spiro atoms. The van der Waals surface area contributed by atoms with Crippen molar-refractivity contribution in [1.29, 1.82) is 0 Å². The van der Waals surface area contributed by atoms with Crippen molar-refractivity contribution in [2.75, 3.05) is 0 Å². The Morgan fingerprint density at radius 1 is 0.833 bits per heavy atom. The topological polar surface area (TPSA) is 63.4 Å². The highest BCUT2D eigenvalue weighted by molar-refractivity contribution is 14.1. The van der Waals surface area contributed by atoms with E-state index in [0.29, 0.717) is 20.3 Å². The Morgan fingerprint density at radius 3 is 1.75 bits per heavy atom. The molecule has 4 nitrogen and oxygen atoms in total. The summed E-state index contributed by atoms with van der Waals surface area (Å²) in [5.74, 6) is 0. The smallest absolute Gasteiger partial charge is 0.282 e. The molecule has 3 aromatic carbocycles. The summed E-state index contributed by atoms with van der Waals surface area (Å²) in [4.78, 5) is 10.6. The zero-order valence-electron chi connectivity index (χ0n) is 12.6. The SMILES string of the molecule is O=[N+]([O-])c1ccc(C(O)(c2ccccc2)c2ccccc2)cc1I. The second-order valence-corrected chi connectivity index (χ2v) is 6.53. The number of benzene rings is 3. The number of halogens is 1. The van der Waals surface area contributed by atoms with Gasteiger partial charge in [-0.3, -0.25) is 10.1 Å². The second-order valence-electron chi connectivity index (χ2n) is 5.37. The van der Waals surface area contributed by atoms with Crippen LogP contribution in [0.5, 0.6) is 0 Å². The highest BCUT2D eigenvalue weighted by Crippen LogP contribution is 2.38. The van der Waals surface area contributed by atoms with Crippen molar-refractivity contribution in [3.05, 3.63) is 109 Å². The van der Waals surface area contributed by atoms with Gasteiger partial charge >= 0.3 is 0 Å². The zero-order valence-corrected chi connectivity index (χ0v) is 14.8. The number of hydrogen-bond acceptors (Lipinski definition) is 3. The molecular weight excluding hydrogens is 417 g/mol. The fraction of sp³-hybridized carbons (Fsp3) is 0.0526. The minimum Gasteiger partial charge on any atom is -0.376 e. The van der Waals surface area contributed by atoms with Crippen molar-refractivity contribution in [1.82, 2.24) is 0 Å². The molecule has 0 saturated heterocycles. The summed E-state index contributed by atoms with van der Waals surface area (Å²) in [5.41, 5.74) is 0.664. The normalized spacial score (nSPS) is 11.2. The van der Waals surface area contributed by atoms with Gasteiger partial charge in [-0.2, -0.15) is 0 Å². The number of nitro benzene ring substituents is 1. The van der Waals surface area contributed by atoms with Crippen LogP contribution in [0.25, 0.3) is 0 Å². The van der Waals surface area contributed by atoms with Crippen LogP contribution in [-0.2, 0) is 5.60 Å². The van der Waals surface area contributed by atoms with E-state index in [-0.39, 0.29) is 5.69 Å². The van der Waals surface area contributed by atoms with Crippen molar-refractivity contribution in [2.24, 2.45) is 0 Å². The molecule has 0 aliphatic carbocycles. The van der Waals surface area contributed by atoms with Crippen LogP contribution in [0.15, 0.2) is 78.9 Å². The largest absolute Gasteiger partial charge is 0.376 e. The van der Waals surface area contributed by atoms with Crippen LogP contribution in [0.4, 0.5) is 5.69 Å². The average Bonchev–Trinajstić information content (AvgIpc) is 2.62. The van der Waals surface area contributed by atoms with Gasteiger partial charge in [0.15, 0.2) is 0 Å². The van der Waals surface area contributed by atoms with Crippen LogP contribution in [0.1, 0.15) is 16.7 Å². The van der Waals surface area contributed by atoms with Gasteiger partial charge in [-0.1, -0.05) is 60.7 Å². The first-order chi connectivity index (χ1) is 11.5. The predicted octanol–water partition coefficient (Wildman–Crippen LogP) is 4.48. The van der Waals surface area contributed by atoms with Crippen molar-refractivity contribution < 1.29 is 10.0 Å². The van der Waals surface area contributed by atoms with Gasteiger partial charge in [-0.05, 0) is 51.4 Å². The van der Waals surface area contributed by atoms with Gasteiger partial charge in [-0.25, -0.2) is 0 Å². The van der Waals surface area contributed by atoms with Crippen LogP contribution >= 0.6 is 22.6 Å². The molecule has 0 heterocycles. The molecule has 0 saturated carbocycles. The predicted molar refractivity (Wildman–Crippen MR) is 101 cm³/mol. The van der Waals surface area contributed by atoms with Crippen LogP contribution in [0, 0.1) is 13.7 Å². The third-order valence-corrected chi connectivity index (χ3v) is 4.81. The van der Waals surface area contributed by atoms with Gasteiger partial charge in [0, 0.05) is 6.07 Å². The molecule has 3 aromatic rings. The standard InChI is InChI=1S/C19H14INO3/c20-17-13-16(11-12-18(17)21(23)24)19(22,14-7-3-1-4-8-14)15-9-5-2-6-10-15/h1-13,22H. The lowest BCUT2D eigenvalue weighted by Gasteiger charge is -2.30. The van der Waals surface area contributed by atoms with E-state index in [1.165, 1.54) is 6.07 Å². The molecule has 0 bridgehead atoms. The first-order valence-corrected chi connectivity index (χ1v) is 8.39. The molecule has 1 N–H and O–H groups in total. The molecule has 0 atom stereocenters. The molecule has 0 amide bonds. The molecule has 3 rings (SSSR count). The molecule has 0 fully saturated rings. The lowest BCUT2D eigenvalue weighted by Crippen LogP contribution is -2.29. The summed E-state index contributed by atoms with van der Waals surface area (Å²) in [6, 6.07) is 23.3. The average molecular weight is 431 g/mol. The number of rotatable bonds is 4. The molecule has 0 aromatic heterocycles. The molecule has 0 aliphatic rings. The summed E-state index contributed by atoms with van der Waals surface area (Å²) in [6.07, 6.45) is 0. The van der Waals surface area contributed by atoms with E-state index < -0.39 is 10.5 Å². The van der Waals surface area contributed by atoms with E-state index in [4.69, 9.17) is 0 Å². The molecule has 120 valence electrons. The number of aliphatic hydroxyl groups is 1. The van der Waals surface area contributed by atoms with E-state index in [1.54, 1.807) is 12.1 Å². The van der Waals surface area contributed by atoms with Crippen LogP contribution < -0.4 is 0 Å². The first-order valence-electron chi connectivity index (χ1n) is 7.31. The van der Waals surface area contributed by atoms with Gasteiger partial charge in [-0.15, -0.1) is 0 Å². The Kier molecular flexibility index (Phi) is 4.64. The van der Waals surface area contributed by atoms with Crippen molar-refractivity contribution >= 4 is 28.3 Å². The lowest BCUT2D eigenvalue weighted by molar-refractivity contribution is -0.385. The Bertz CT molecular complexity index is 827. The third kappa shape index (κ3) is 2.92. The molecule has 0 aliphatic heterocycles. The van der Waals surface area contributed by atoms with E-state index in [9.17, 15) is 15.2 Å². The Hall–Kier alpha value is -2.25. The molecule has 0 unspecified atom stereocenters. The monoisotopic (exact) mass is 431 g/mol. The summed E-state index contributed by atoms with van der Waals surface area (Å²) >= 11 is 1.93. The maximum absolute atomic E-state index is 11.6. The van der Waals surface area contributed by atoms with Gasteiger partial charge in [0.2, 0.25) is 0 Å². The van der Waals surface area contributed by atoms with E-state index in [1.807, 2.05) is 83.3 Å². The Labute approximate surface area is 153 Å². The summed E-state index contributed by atoms with van der Waals surface area (Å²) in [6.45, 7) is 0. The van der Waals surface area contributed by atoms with E-state index in [0.717, 1.165) is 0 Å². The zero-order chi connectivity index (χ0) is 17.2. The first kappa shape index (κ1) is 16.6. The number of nitro groups is 1. The quantitative estimate of drug-likeness (QED) is 0.287. The molecule has 5 heteroatoms. The minimum atomic E-state index is -1.38. The van der Waals surface area contributed by atoms with E-state index in [2.05, 4.69) is 0 Å². The lowest BCUT2D eigenvalue weighted by atomic mass is 9.80. The Balaban J connectivity index is 2.23. The van der Waals surface area contributed by atoms with Gasteiger partial charge < -0.3 is 5.11 Å². The van der Waals surface area contributed by atoms with Gasteiger partial charge in [0.1, 0.15) is 5.60 Å². The van der Waals surface area contributed by atoms with Crippen LogP contribution in [0.3, 0.4) is 0 Å². The van der Waals surface area contributed by atoms with Crippen LogP contribution in [-0.4, -0.2) is 10.0 Å². The summed E-state index contributed by atoms with van der Waals surface area (Å²) in [5, 5.41) is 22.7. The highest BCUT2D eigenvalue weighted by Gasteiger charge is 2.34. The summed E-state index contributed by atoms with van der Waals surface area (Å²) in [7, 11) is 0. The maximum Gasteiger partial charge on any atom is 0.282 e.